The van der Waals surface area contributed by atoms with E-state index in [0.717, 1.165) is 6.42 Å². The van der Waals surface area contributed by atoms with Crippen molar-refractivity contribution in [1.29, 1.82) is 5.26 Å². The zero-order valence-electron chi connectivity index (χ0n) is 21.3. The van der Waals surface area contributed by atoms with Gasteiger partial charge in [-0.2, -0.15) is 14.0 Å². The lowest BCUT2D eigenvalue weighted by atomic mass is 9.85. The van der Waals surface area contributed by atoms with E-state index in [1.807, 2.05) is 13.8 Å². The van der Waals surface area contributed by atoms with Crippen molar-refractivity contribution in [1.82, 2.24) is 15.5 Å². The number of carbonyl (C=O) groups excluding carboxylic acids is 4. The summed E-state index contributed by atoms with van der Waals surface area (Å²) >= 11 is 0. The smallest absolute Gasteiger partial charge is 0.321 e. The number of Topliss-reactive ketones (excluding diaryl/α,β-unsaturated/α-hetero) is 1. The highest BCUT2D eigenvalue weighted by atomic mass is 19.3. The van der Waals surface area contributed by atoms with E-state index in [1.165, 1.54) is 4.90 Å². The minimum atomic E-state index is -3.66. The molecular formula is C25H36F2N4O4. The Morgan fingerprint density at radius 1 is 1.20 bits per heavy atom. The normalized spacial score (nSPS) is 29.1. The minimum absolute atomic E-state index is 0.0445. The van der Waals surface area contributed by atoms with Crippen LogP contribution in [0.3, 0.4) is 0 Å². The molecule has 1 saturated heterocycles. The topological polar surface area (TPSA) is 119 Å². The third-order valence-corrected chi connectivity index (χ3v) is 7.97. The van der Waals surface area contributed by atoms with Crippen LogP contribution < -0.4 is 10.6 Å². The molecule has 0 aromatic heterocycles. The van der Waals surface area contributed by atoms with Gasteiger partial charge in [0.2, 0.25) is 11.8 Å². The van der Waals surface area contributed by atoms with Gasteiger partial charge in [-0.15, -0.1) is 0 Å². The van der Waals surface area contributed by atoms with Crippen molar-refractivity contribution < 1.29 is 28.0 Å². The molecule has 3 fully saturated rings. The number of amides is 3. The van der Waals surface area contributed by atoms with Crippen molar-refractivity contribution in [3.05, 3.63) is 0 Å². The van der Waals surface area contributed by atoms with Crippen LogP contribution in [0.4, 0.5) is 8.78 Å². The Bertz CT molecular complexity index is 947. The number of alkyl halides is 2. The number of fused-ring (bicyclic) bond motifs is 1. The number of nitrogens with one attached hydrogen (secondary N) is 2. The quantitative estimate of drug-likeness (QED) is 0.563. The van der Waals surface area contributed by atoms with Crippen LogP contribution in [-0.2, 0) is 19.2 Å². The van der Waals surface area contributed by atoms with Crippen LogP contribution in [0.15, 0.2) is 0 Å². The molecule has 2 aliphatic carbocycles. The van der Waals surface area contributed by atoms with E-state index >= 15 is 0 Å². The predicted molar refractivity (Wildman–Crippen MR) is 123 cm³/mol. The van der Waals surface area contributed by atoms with Crippen molar-refractivity contribution in [2.24, 2.45) is 28.6 Å². The van der Waals surface area contributed by atoms with Crippen LogP contribution in [0.5, 0.6) is 0 Å². The summed E-state index contributed by atoms with van der Waals surface area (Å²) in [5.74, 6) is -6.58. The Hall–Kier alpha value is -2.57. The molecule has 2 saturated carbocycles. The third-order valence-electron chi connectivity index (χ3n) is 7.97. The Kier molecular flexibility index (Phi) is 7.06. The van der Waals surface area contributed by atoms with Crippen LogP contribution in [0.1, 0.15) is 67.2 Å². The molecule has 1 aliphatic heterocycles. The summed E-state index contributed by atoms with van der Waals surface area (Å²) < 4.78 is 27.2. The van der Waals surface area contributed by atoms with Crippen LogP contribution in [0.2, 0.25) is 0 Å². The van der Waals surface area contributed by atoms with E-state index in [4.69, 9.17) is 0 Å². The van der Waals surface area contributed by atoms with Crippen LogP contribution in [0, 0.1) is 39.9 Å². The standard InChI is InChI=1S/C25H36F2N4O4/c1-23(2,3)19(30-22(35)25(6,26)27)21(34)31-12-15-17(24(15,4)5)18(31)20(33)29-14(11-28)10-13-8-7-9-16(13)32/h13-15,17-19H,7-10,12H2,1-6H3,(H,29,33)(H,30,35)/t13-,14?,15-,17-,18-,19?/m0/s1. The number of nitriles is 1. The molecule has 0 radical (unpaired) electrons. The summed E-state index contributed by atoms with van der Waals surface area (Å²) in [5, 5.41) is 14.5. The number of carbonyl (C=O) groups is 4. The summed E-state index contributed by atoms with van der Waals surface area (Å²) in [7, 11) is 0. The van der Waals surface area contributed by atoms with Gasteiger partial charge in [-0.3, -0.25) is 19.2 Å². The third kappa shape index (κ3) is 5.34. The summed E-state index contributed by atoms with van der Waals surface area (Å²) in [6.45, 7) is 9.71. The molecule has 0 spiro atoms. The SMILES string of the molecule is CC(F)(F)C(=O)NC(C(=O)N1C[C@H]2[C@@H]([C@H]1C(=O)NC(C#N)C[C@@H]1CCCC1=O)C2(C)C)C(C)(C)C. The maximum Gasteiger partial charge on any atom is 0.321 e. The largest absolute Gasteiger partial charge is 0.339 e. The molecule has 2 N–H and O–H groups in total. The Balaban J connectivity index is 1.81. The van der Waals surface area contributed by atoms with Crippen LogP contribution in [-0.4, -0.2) is 59.0 Å². The van der Waals surface area contributed by atoms with Gasteiger partial charge in [-0.25, -0.2) is 0 Å². The van der Waals surface area contributed by atoms with Crippen molar-refractivity contribution in [3.8, 4) is 6.07 Å². The number of halogens is 2. The number of piperidine rings is 1. The molecule has 194 valence electrons. The van der Waals surface area contributed by atoms with Crippen molar-refractivity contribution >= 4 is 23.5 Å². The van der Waals surface area contributed by atoms with E-state index in [2.05, 4.69) is 16.7 Å². The molecule has 0 bridgehead atoms. The van der Waals surface area contributed by atoms with Gasteiger partial charge in [0.25, 0.3) is 5.91 Å². The average molecular weight is 495 g/mol. The Labute approximate surface area is 205 Å². The van der Waals surface area contributed by atoms with Gasteiger partial charge in [0.1, 0.15) is 23.9 Å². The summed E-state index contributed by atoms with van der Waals surface area (Å²) in [5.41, 5.74) is -1.08. The average Bonchev–Trinajstić information content (AvgIpc) is 3.10. The highest BCUT2D eigenvalue weighted by Gasteiger charge is 2.69. The molecule has 2 unspecified atom stereocenters. The van der Waals surface area contributed by atoms with Crippen molar-refractivity contribution in [3.63, 3.8) is 0 Å². The van der Waals surface area contributed by atoms with Gasteiger partial charge in [0.05, 0.1) is 6.07 Å². The fraction of sp³-hybridized carbons (Fsp3) is 0.800. The number of rotatable bonds is 7. The molecule has 1 heterocycles. The van der Waals surface area contributed by atoms with Gasteiger partial charge in [0, 0.05) is 25.8 Å². The molecule has 10 heteroatoms. The molecule has 3 amide bonds. The Morgan fingerprint density at radius 3 is 2.31 bits per heavy atom. The molecule has 3 rings (SSSR count). The van der Waals surface area contributed by atoms with E-state index < -0.39 is 47.2 Å². The zero-order valence-corrected chi connectivity index (χ0v) is 21.3. The zero-order chi connectivity index (χ0) is 26.5. The lowest BCUT2D eigenvalue weighted by Gasteiger charge is -2.38. The van der Waals surface area contributed by atoms with Gasteiger partial charge >= 0.3 is 5.92 Å². The number of ketones is 1. The first-order chi connectivity index (χ1) is 16.0. The molecule has 0 aromatic rings. The van der Waals surface area contributed by atoms with E-state index in [0.29, 0.717) is 19.8 Å². The summed E-state index contributed by atoms with van der Waals surface area (Å²) in [6, 6.07) is -0.964. The second-order valence-electron chi connectivity index (χ2n) is 12.0. The number of hydrogen-bond acceptors (Lipinski definition) is 5. The van der Waals surface area contributed by atoms with E-state index in [1.54, 1.807) is 20.8 Å². The van der Waals surface area contributed by atoms with Crippen LogP contribution >= 0.6 is 0 Å². The fourth-order valence-corrected chi connectivity index (χ4v) is 5.71. The number of hydrogen-bond donors (Lipinski definition) is 2. The molecule has 35 heavy (non-hydrogen) atoms. The first-order valence-corrected chi connectivity index (χ1v) is 12.2. The number of likely N-dealkylation sites (tertiary alicyclic amines) is 1. The van der Waals surface area contributed by atoms with E-state index in [-0.39, 0.29) is 41.9 Å². The monoisotopic (exact) mass is 494 g/mol. The van der Waals surface area contributed by atoms with Crippen molar-refractivity contribution in [2.75, 3.05) is 6.54 Å². The highest BCUT2D eigenvalue weighted by Crippen LogP contribution is 2.65. The van der Waals surface area contributed by atoms with Gasteiger partial charge < -0.3 is 15.5 Å². The molecule has 0 aromatic carbocycles. The summed E-state index contributed by atoms with van der Waals surface area (Å²) in [6.07, 6.45) is 2.17. The second kappa shape index (κ2) is 9.14. The van der Waals surface area contributed by atoms with Gasteiger partial charge in [0.15, 0.2) is 0 Å². The predicted octanol–water partition coefficient (Wildman–Crippen LogP) is 2.42. The summed E-state index contributed by atoms with van der Waals surface area (Å²) in [4.78, 5) is 52.4. The lowest BCUT2D eigenvalue weighted by molar-refractivity contribution is -0.151. The fourth-order valence-electron chi connectivity index (χ4n) is 5.71. The first kappa shape index (κ1) is 27.0. The maximum atomic E-state index is 13.6. The molecule has 6 atom stereocenters. The maximum absolute atomic E-state index is 13.6. The Morgan fingerprint density at radius 2 is 1.83 bits per heavy atom. The molecule has 3 aliphatic rings. The van der Waals surface area contributed by atoms with Crippen molar-refractivity contribution in [2.45, 2.75) is 91.3 Å². The van der Waals surface area contributed by atoms with Gasteiger partial charge in [-0.05, 0) is 41.9 Å². The molecular weight excluding hydrogens is 458 g/mol. The van der Waals surface area contributed by atoms with Gasteiger partial charge in [-0.1, -0.05) is 34.6 Å². The highest BCUT2D eigenvalue weighted by molar-refractivity contribution is 5.95. The van der Waals surface area contributed by atoms with E-state index in [9.17, 15) is 33.2 Å². The number of nitrogens with zero attached hydrogens (tertiary/aromatic N) is 2. The van der Waals surface area contributed by atoms with Crippen LogP contribution in [0.25, 0.3) is 0 Å². The molecule has 8 nitrogen and oxygen atoms in total. The second-order valence-corrected chi connectivity index (χ2v) is 12.0. The lowest BCUT2D eigenvalue weighted by Crippen LogP contribution is -2.61. The minimum Gasteiger partial charge on any atom is -0.339 e. The first-order valence-electron chi connectivity index (χ1n) is 12.2.